The first-order chi connectivity index (χ1) is 9.63. The molecule has 0 unspecified atom stereocenters. The van der Waals surface area contributed by atoms with Crippen LogP contribution in [0.3, 0.4) is 0 Å². The lowest BCUT2D eigenvalue weighted by Crippen LogP contribution is -2.36. The van der Waals surface area contributed by atoms with E-state index in [1.54, 1.807) is 19.2 Å². The molecular formula is C14H20FN3O2. The Balaban J connectivity index is 2.00. The molecule has 0 bridgehead atoms. The van der Waals surface area contributed by atoms with Crippen molar-refractivity contribution in [2.24, 2.45) is 10.9 Å². The summed E-state index contributed by atoms with van der Waals surface area (Å²) in [5.41, 5.74) is 6.44. The lowest BCUT2D eigenvalue weighted by molar-refractivity contribution is 0.0386. The van der Waals surface area contributed by atoms with Crippen LogP contribution in [-0.4, -0.2) is 42.2 Å². The minimum absolute atomic E-state index is 0.0867. The Kier molecular flexibility index (Phi) is 4.92. The molecule has 2 rings (SSSR count). The average Bonchev–Trinajstić information content (AvgIpc) is 2.49. The van der Waals surface area contributed by atoms with Crippen LogP contribution in [-0.2, 0) is 11.3 Å². The summed E-state index contributed by atoms with van der Waals surface area (Å²) in [5, 5.41) is 11.4. The van der Waals surface area contributed by atoms with E-state index in [0.717, 1.165) is 25.9 Å². The van der Waals surface area contributed by atoms with E-state index in [0.29, 0.717) is 23.8 Å². The van der Waals surface area contributed by atoms with Crippen LogP contribution in [0.15, 0.2) is 23.4 Å². The van der Waals surface area contributed by atoms with Crippen molar-refractivity contribution in [3.05, 3.63) is 35.1 Å². The number of hydrogen-bond acceptors (Lipinski definition) is 4. The summed E-state index contributed by atoms with van der Waals surface area (Å²) in [6.45, 7) is 2.37. The zero-order valence-electron chi connectivity index (χ0n) is 11.6. The Hall–Kier alpha value is -1.66. The first kappa shape index (κ1) is 14.7. The van der Waals surface area contributed by atoms with E-state index in [4.69, 9.17) is 15.7 Å². The van der Waals surface area contributed by atoms with Crippen LogP contribution < -0.4 is 5.73 Å². The Labute approximate surface area is 117 Å². The Morgan fingerprint density at radius 3 is 2.75 bits per heavy atom. The Morgan fingerprint density at radius 2 is 2.20 bits per heavy atom. The second-order valence-electron chi connectivity index (χ2n) is 5.00. The van der Waals surface area contributed by atoms with Crippen molar-refractivity contribution < 1.29 is 14.3 Å². The maximum Gasteiger partial charge on any atom is 0.170 e. The number of ether oxygens (including phenoxy) is 1. The highest BCUT2D eigenvalue weighted by Crippen LogP contribution is 2.18. The zero-order valence-corrected chi connectivity index (χ0v) is 11.6. The third-order valence-corrected chi connectivity index (χ3v) is 3.72. The van der Waals surface area contributed by atoms with Gasteiger partial charge in [-0.2, -0.15) is 0 Å². The standard InChI is InChI=1S/C14H20FN3O2/c1-20-12-4-6-18(7-5-12)9-11-3-2-10(8-13(11)15)14(16)17-19/h2-3,8,12,19H,4-7,9H2,1H3,(H2,16,17). The average molecular weight is 281 g/mol. The van der Waals surface area contributed by atoms with Gasteiger partial charge < -0.3 is 15.7 Å². The first-order valence-corrected chi connectivity index (χ1v) is 6.65. The summed E-state index contributed by atoms with van der Waals surface area (Å²) in [7, 11) is 1.73. The van der Waals surface area contributed by atoms with Crippen LogP contribution >= 0.6 is 0 Å². The van der Waals surface area contributed by atoms with E-state index in [1.165, 1.54) is 6.07 Å². The summed E-state index contributed by atoms with van der Waals surface area (Å²) in [6, 6.07) is 4.65. The van der Waals surface area contributed by atoms with Gasteiger partial charge in [0.1, 0.15) is 5.82 Å². The van der Waals surface area contributed by atoms with Gasteiger partial charge in [0, 0.05) is 37.9 Å². The molecule has 1 aromatic rings. The summed E-state index contributed by atoms with van der Waals surface area (Å²) < 4.78 is 19.3. The number of likely N-dealkylation sites (tertiary alicyclic amines) is 1. The van der Waals surface area contributed by atoms with Gasteiger partial charge in [-0.15, -0.1) is 0 Å². The van der Waals surface area contributed by atoms with E-state index in [9.17, 15) is 4.39 Å². The van der Waals surface area contributed by atoms with Gasteiger partial charge in [0.2, 0.25) is 0 Å². The molecular weight excluding hydrogens is 261 g/mol. The van der Waals surface area contributed by atoms with Crippen molar-refractivity contribution >= 4 is 5.84 Å². The maximum absolute atomic E-state index is 14.0. The van der Waals surface area contributed by atoms with Gasteiger partial charge in [-0.05, 0) is 18.9 Å². The van der Waals surface area contributed by atoms with Crippen LogP contribution in [0.5, 0.6) is 0 Å². The van der Waals surface area contributed by atoms with E-state index in [-0.39, 0.29) is 11.7 Å². The fourth-order valence-corrected chi connectivity index (χ4v) is 2.44. The fraction of sp³-hybridized carbons (Fsp3) is 0.500. The largest absolute Gasteiger partial charge is 0.409 e. The minimum Gasteiger partial charge on any atom is -0.409 e. The number of halogens is 1. The number of hydrogen-bond donors (Lipinski definition) is 2. The number of nitrogens with zero attached hydrogens (tertiary/aromatic N) is 2. The molecule has 0 atom stereocenters. The molecule has 6 heteroatoms. The molecule has 20 heavy (non-hydrogen) atoms. The van der Waals surface area contributed by atoms with Crippen molar-refractivity contribution in [2.75, 3.05) is 20.2 Å². The zero-order chi connectivity index (χ0) is 14.5. The van der Waals surface area contributed by atoms with Crippen molar-refractivity contribution in [3.8, 4) is 0 Å². The highest BCUT2D eigenvalue weighted by Gasteiger charge is 2.19. The molecule has 1 heterocycles. The Bertz CT molecular complexity index is 485. The summed E-state index contributed by atoms with van der Waals surface area (Å²) in [4.78, 5) is 2.21. The highest BCUT2D eigenvalue weighted by molar-refractivity contribution is 5.97. The van der Waals surface area contributed by atoms with E-state index < -0.39 is 0 Å². The molecule has 1 aliphatic rings. The molecule has 5 nitrogen and oxygen atoms in total. The van der Waals surface area contributed by atoms with E-state index in [1.807, 2.05) is 0 Å². The number of piperidine rings is 1. The van der Waals surface area contributed by atoms with Crippen LogP contribution in [0.1, 0.15) is 24.0 Å². The molecule has 0 spiro atoms. The monoisotopic (exact) mass is 281 g/mol. The number of amidine groups is 1. The van der Waals surface area contributed by atoms with E-state index >= 15 is 0 Å². The fourth-order valence-electron chi connectivity index (χ4n) is 2.44. The first-order valence-electron chi connectivity index (χ1n) is 6.65. The van der Waals surface area contributed by atoms with Gasteiger partial charge in [-0.3, -0.25) is 4.90 Å². The smallest absolute Gasteiger partial charge is 0.170 e. The van der Waals surface area contributed by atoms with Gasteiger partial charge in [0.25, 0.3) is 0 Å². The van der Waals surface area contributed by atoms with Gasteiger partial charge >= 0.3 is 0 Å². The number of nitrogens with two attached hydrogens (primary N) is 1. The predicted octanol–water partition coefficient (Wildman–Crippen LogP) is 1.53. The maximum atomic E-state index is 14.0. The quantitative estimate of drug-likeness (QED) is 0.380. The van der Waals surface area contributed by atoms with Gasteiger partial charge in [-0.1, -0.05) is 17.3 Å². The van der Waals surface area contributed by atoms with Crippen molar-refractivity contribution in [2.45, 2.75) is 25.5 Å². The summed E-state index contributed by atoms with van der Waals surface area (Å²) >= 11 is 0. The Morgan fingerprint density at radius 1 is 1.50 bits per heavy atom. The second-order valence-corrected chi connectivity index (χ2v) is 5.00. The lowest BCUT2D eigenvalue weighted by atomic mass is 10.1. The normalized spacial score (nSPS) is 18.4. The lowest BCUT2D eigenvalue weighted by Gasteiger charge is -2.31. The molecule has 0 radical (unpaired) electrons. The molecule has 1 fully saturated rings. The third kappa shape index (κ3) is 3.46. The molecule has 1 aliphatic heterocycles. The van der Waals surface area contributed by atoms with E-state index in [2.05, 4.69) is 10.1 Å². The number of benzene rings is 1. The van der Waals surface area contributed by atoms with Crippen molar-refractivity contribution in [1.82, 2.24) is 4.90 Å². The topological polar surface area (TPSA) is 71.1 Å². The van der Waals surface area contributed by atoms with Crippen LogP contribution in [0.4, 0.5) is 4.39 Å². The predicted molar refractivity (Wildman–Crippen MR) is 74.2 cm³/mol. The number of methoxy groups -OCH3 is 1. The van der Waals surface area contributed by atoms with Crippen molar-refractivity contribution in [1.29, 1.82) is 0 Å². The molecule has 0 aliphatic carbocycles. The summed E-state index contributed by atoms with van der Waals surface area (Å²) in [5.74, 6) is -0.417. The molecule has 0 aromatic heterocycles. The molecule has 110 valence electrons. The molecule has 3 N–H and O–H groups in total. The molecule has 0 saturated carbocycles. The van der Waals surface area contributed by atoms with Crippen LogP contribution in [0.2, 0.25) is 0 Å². The van der Waals surface area contributed by atoms with Crippen LogP contribution in [0.25, 0.3) is 0 Å². The van der Waals surface area contributed by atoms with Gasteiger partial charge in [0.05, 0.1) is 6.10 Å². The minimum atomic E-state index is -0.331. The molecule has 0 amide bonds. The third-order valence-electron chi connectivity index (χ3n) is 3.72. The number of oxime groups is 1. The van der Waals surface area contributed by atoms with Crippen molar-refractivity contribution in [3.63, 3.8) is 0 Å². The summed E-state index contributed by atoms with van der Waals surface area (Å²) in [6.07, 6.45) is 2.26. The molecule has 1 aromatic carbocycles. The highest BCUT2D eigenvalue weighted by atomic mass is 19.1. The molecule has 1 saturated heterocycles. The van der Waals surface area contributed by atoms with Gasteiger partial charge in [0.15, 0.2) is 5.84 Å². The van der Waals surface area contributed by atoms with Crippen LogP contribution in [0, 0.1) is 5.82 Å². The second kappa shape index (κ2) is 6.67. The van der Waals surface area contributed by atoms with Gasteiger partial charge in [-0.25, -0.2) is 4.39 Å². The SMILES string of the molecule is COC1CCN(Cc2ccc(/C(N)=N/O)cc2F)CC1. The number of rotatable bonds is 4.